The summed E-state index contributed by atoms with van der Waals surface area (Å²) in [6.45, 7) is 2.14. The highest BCUT2D eigenvalue weighted by Gasteiger charge is 2.64. The molecule has 3 aliphatic rings. The lowest BCUT2D eigenvalue weighted by atomic mass is 9.87. The Balaban J connectivity index is 1.81. The van der Waals surface area contributed by atoms with Gasteiger partial charge in [0.25, 0.3) is 0 Å². The molecule has 2 aliphatic carbocycles. The Morgan fingerprint density at radius 3 is 2.50 bits per heavy atom. The maximum atomic E-state index is 9.49. The molecule has 0 aromatic rings. The Kier molecular flexibility index (Phi) is 1.15. The third-order valence-electron chi connectivity index (χ3n) is 3.77. The van der Waals surface area contributed by atoms with Gasteiger partial charge in [-0.1, -0.05) is 0 Å². The van der Waals surface area contributed by atoms with E-state index in [1.807, 2.05) is 0 Å². The van der Waals surface area contributed by atoms with Crippen LogP contribution >= 0.6 is 0 Å². The molecule has 1 aliphatic heterocycles. The Hall–Kier alpha value is -0.0800. The zero-order valence-corrected chi connectivity index (χ0v) is 7.55. The van der Waals surface area contributed by atoms with Gasteiger partial charge < -0.3 is 9.84 Å². The molecule has 2 nitrogen and oxygen atoms in total. The molecule has 0 bridgehead atoms. The van der Waals surface area contributed by atoms with E-state index in [4.69, 9.17) is 4.74 Å². The van der Waals surface area contributed by atoms with E-state index in [-0.39, 0.29) is 11.7 Å². The summed E-state index contributed by atoms with van der Waals surface area (Å²) in [5.41, 5.74) is 0.503. The zero-order chi connectivity index (χ0) is 8.40. The molecule has 3 rings (SSSR count). The van der Waals surface area contributed by atoms with E-state index in [2.05, 4.69) is 6.92 Å². The highest BCUT2D eigenvalue weighted by molar-refractivity contribution is 5.15. The predicted octanol–water partition coefficient (Wildman–Crippen LogP) is 1.47. The minimum Gasteiger partial charge on any atom is -0.390 e. The molecule has 0 radical (unpaired) electrons. The maximum absolute atomic E-state index is 9.49. The lowest BCUT2D eigenvalue weighted by Crippen LogP contribution is -2.36. The molecule has 3 fully saturated rings. The Bertz CT molecular complexity index is 222. The maximum Gasteiger partial charge on any atom is 0.0975 e. The molecule has 0 aromatic carbocycles. The molecule has 3 atom stereocenters. The summed E-state index contributed by atoms with van der Waals surface area (Å²) in [6, 6.07) is 0. The topological polar surface area (TPSA) is 29.5 Å². The highest BCUT2D eigenvalue weighted by Crippen LogP contribution is 2.64. The van der Waals surface area contributed by atoms with Gasteiger partial charge in [0.05, 0.1) is 17.8 Å². The molecule has 1 N–H and O–H groups in total. The molecule has 2 spiro atoms. The second-order valence-electron chi connectivity index (χ2n) is 5.09. The monoisotopic (exact) mass is 168 g/mol. The van der Waals surface area contributed by atoms with Crippen LogP contribution < -0.4 is 0 Å². The molecular formula is C10H16O2. The summed E-state index contributed by atoms with van der Waals surface area (Å²) < 4.78 is 5.82. The molecular weight excluding hydrogens is 152 g/mol. The van der Waals surface area contributed by atoms with Crippen LogP contribution in [0.3, 0.4) is 0 Å². The van der Waals surface area contributed by atoms with Crippen LogP contribution in [-0.2, 0) is 4.74 Å². The number of hydrogen-bond donors (Lipinski definition) is 1. The van der Waals surface area contributed by atoms with E-state index >= 15 is 0 Å². The van der Waals surface area contributed by atoms with Crippen LogP contribution in [-0.4, -0.2) is 22.9 Å². The van der Waals surface area contributed by atoms with E-state index in [1.165, 1.54) is 19.3 Å². The van der Waals surface area contributed by atoms with Crippen molar-refractivity contribution in [3.05, 3.63) is 0 Å². The summed E-state index contributed by atoms with van der Waals surface area (Å²) in [4.78, 5) is 0. The van der Waals surface area contributed by atoms with Crippen molar-refractivity contribution >= 4 is 0 Å². The highest BCUT2D eigenvalue weighted by atomic mass is 16.5. The molecule has 1 saturated heterocycles. The van der Waals surface area contributed by atoms with Gasteiger partial charge in [0, 0.05) is 6.42 Å². The largest absolute Gasteiger partial charge is 0.390 e. The van der Waals surface area contributed by atoms with E-state index in [0.717, 1.165) is 12.8 Å². The van der Waals surface area contributed by atoms with Gasteiger partial charge in [-0.15, -0.1) is 0 Å². The van der Waals surface area contributed by atoms with Gasteiger partial charge in [-0.05, 0) is 38.0 Å². The second kappa shape index (κ2) is 1.88. The first-order valence-electron chi connectivity index (χ1n) is 5.00. The van der Waals surface area contributed by atoms with Gasteiger partial charge in [0.2, 0.25) is 0 Å². The Morgan fingerprint density at radius 2 is 2.00 bits per heavy atom. The summed E-state index contributed by atoms with van der Waals surface area (Å²) in [5.74, 6) is 0. The van der Waals surface area contributed by atoms with Gasteiger partial charge >= 0.3 is 0 Å². The van der Waals surface area contributed by atoms with Crippen molar-refractivity contribution in [2.75, 3.05) is 0 Å². The van der Waals surface area contributed by atoms with Crippen LogP contribution in [0.15, 0.2) is 0 Å². The first kappa shape index (κ1) is 7.34. The number of hydrogen-bond acceptors (Lipinski definition) is 2. The summed E-state index contributed by atoms with van der Waals surface area (Å²) in [6.07, 6.45) is 6.20. The van der Waals surface area contributed by atoms with E-state index < -0.39 is 0 Å². The van der Waals surface area contributed by atoms with Gasteiger partial charge in [0.1, 0.15) is 0 Å². The van der Waals surface area contributed by atoms with E-state index in [1.54, 1.807) is 0 Å². The van der Waals surface area contributed by atoms with Crippen molar-refractivity contribution in [3.8, 4) is 0 Å². The fourth-order valence-corrected chi connectivity index (χ4v) is 2.94. The third-order valence-corrected chi connectivity index (χ3v) is 3.77. The van der Waals surface area contributed by atoms with Crippen molar-refractivity contribution in [1.29, 1.82) is 0 Å². The first-order valence-corrected chi connectivity index (χ1v) is 5.00. The van der Waals surface area contributed by atoms with Crippen molar-refractivity contribution in [2.45, 2.75) is 56.8 Å². The molecule has 12 heavy (non-hydrogen) atoms. The van der Waals surface area contributed by atoms with Crippen molar-refractivity contribution in [3.63, 3.8) is 0 Å². The number of aliphatic hydroxyl groups excluding tert-OH is 1. The van der Waals surface area contributed by atoms with Gasteiger partial charge in [-0.2, -0.15) is 0 Å². The molecule has 0 aromatic heterocycles. The summed E-state index contributed by atoms with van der Waals surface area (Å²) in [5, 5.41) is 9.49. The quantitative estimate of drug-likeness (QED) is 0.593. The van der Waals surface area contributed by atoms with Crippen LogP contribution in [0, 0.1) is 5.41 Å². The van der Waals surface area contributed by atoms with Crippen molar-refractivity contribution < 1.29 is 9.84 Å². The number of aliphatic hydroxyl groups is 1. The van der Waals surface area contributed by atoms with E-state index in [0.29, 0.717) is 11.5 Å². The molecule has 1 heterocycles. The third kappa shape index (κ3) is 0.882. The minimum atomic E-state index is -0.155. The number of ether oxygens (including phenoxy) is 1. The first-order chi connectivity index (χ1) is 5.64. The fraction of sp³-hybridized carbons (Fsp3) is 1.00. The van der Waals surface area contributed by atoms with E-state index in [9.17, 15) is 5.11 Å². The molecule has 68 valence electrons. The van der Waals surface area contributed by atoms with Gasteiger partial charge in [-0.3, -0.25) is 0 Å². The Labute approximate surface area is 72.9 Å². The van der Waals surface area contributed by atoms with Crippen molar-refractivity contribution in [2.24, 2.45) is 5.41 Å². The average Bonchev–Trinajstić information content (AvgIpc) is 2.78. The second-order valence-corrected chi connectivity index (χ2v) is 5.09. The average molecular weight is 168 g/mol. The van der Waals surface area contributed by atoms with Crippen LogP contribution in [0.2, 0.25) is 0 Å². The van der Waals surface area contributed by atoms with Crippen LogP contribution in [0.4, 0.5) is 0 Å². The SMILES string of the molecule is CC1CC2(CC2)CC2(CC2O)O1. The normalized spacial score (nSPS) is 54.5. The van der Waals surface area contributed by atoms with Crippen LogP contribution in [0.25, 0.3) is 0 Å². The fourth-order valence-electron chi connectivity index (χ4n) is 2.94. The molecule has 2 saturated carbocycles. The zero-order valence-electron chi connectivity index (χ0n) is 7.55. The summed E-state index contributed by atoms with van der Waals surface area (Å²) in [7, 11) is 0. The van der Waals surface area contributed by atoms with Gasteiger partial charge in [0.15, 0.2) is 0 Å². The number of rotatable bonds is 0. The summed E-state index contributed by atoms with van der Waals surface area (Å²) >= 11 is 0. The Morgan fingerprint density at radius 1 is 1.33 bits per heavy atom. The predicted molar refractivity (Wildman–Crippen MR) is 44.8 cm³/mol. The minimum absolute atomic E-state index is 0.0891. The smallest absolute Gasteiger partial charge is 0.0975 e. The molecule has 2 heteroatoms. The van der Waals surface area contributed by atoms with Crippen LogP contribution in [0.5, 0.6) is 0 Å². The molecule has 0 amide bonds. The van der Waals surface area contributed by atoms with Crippen LogP contribution in [0.1, 0.15) is 39.0 Å². The standard InChI is InChI=1S/C10H16O2/c1-7-4-9(2-3-9)6-10(12-7)5-8(10)11/h7-8,11H,2-6H2,1H3. The van der Waals surface area contributed by atoms with Gasteiger partial charge in [-0.25, -0.2) is 0 Å². The van der Waals surface area contributed by atoms with Crippen molar-refractivity contribution in [1.82, 2.24) is 0 Å². The lowest BCUT2D eigenvalue weighted by Gasteiger charge is -2.34. The lowest BCUT2D eigenvalue weighted by molar-refractivity contribution is -0.104. The molecule has 3 unspecified atom stereocenters.